The highest BCUT2D eigenvalue weighted by molar-refractivity contribution is 5.99. The lowest BCUT2D eigenvalue weighted by Gasteiger charge is -2.10. The Balaban J connectivity index is 1.85. The summed E-state index contributed by atoms with van der Waals surface area (Å²) in [6.45, 7) is 2.94. The monoisotopic (exact) mass is 316 g/mol. The van der Waals surface area contributed by atoms with Crippen molar-refractivity contribution in [1.82, 2.24) is 9.55 Å². The number of esters is 1. The predicted molar refractivity (Wildman–Crippen MR) is 84.3 cm³/mol. The molecular formula is C17H20N2O4. The topological polar surface area (TPSA) is 70.4 Å². The fourth-order valence-corrected chi connectivity index (χ4v) is 2.11. The zero-order valence-electron chi connectivity index (χ0n) is 13.3. The van der Waals surface area contributed by atoms with Crippen molar-refractivity contribution in [2.45, 2.75) is 19.9 Å². The zero-order valence-corrected chi connectivity index (χ0v) is 13.3. The third kappa shape index (κ3) is 4.95. The highest BCUT2D eigenvalue weighted by Gasteiger charge is 2.18. The first kappa shape index (κ1) is 16.7. The molecule has 0 fully saturated rings. The molecule has 122 valence electrons. The largest absolute Gasteiger partial charge is 0.492 e. The van der Waals surface area contributed by atoms with Crippen molar-refractivity contribution in [3.63, 3.8) is 0 Å². The van der Waals surface area contributed by atoms with Crippen molar-refractivity contribution in [3.8, 4) is 5.75 Å². The molecule has 0 aliphatic rings. The number of Topliss-reactive ketones (excluding diaryl/α,β-unsaturated/α-hetero) is 1. The third-order valence-electron chi connectivity index (χ3n) is 3.46. The van der Waals surface area contributed by atoms with Crippen LogP contribution in [-0.4, -0.2) is 35.0 Å². The number of carbonyl (C=O) groups excluding carboxylic acids is 2. The van der Waals surface area contributed by atoms with Crippen LogP contribution < -0.4 is 4.74 Å². The number of rotatable bonds is 8. The summed E-state index contributed by atoms with van der Waals surface area (Å²) in [5, 5.41) is 0. The Bertz CT molecular complexity index is 635. The van der Waals surface area contributed by atoms with Gasteiger partial charge in [0.1, 0.15) is 12.4 Å². The van der Waals surface area contributed by atoms with Crippen molar-refractivity contribution < 1.29 is 19.1 Å². The fraction of sp³-hybridized carbons (Fsp3) is 0.353. The van der Waals surface area contributed by atoms with Gasteiger partial charge in [-0.1, -0.05) is 6.92 Å². The average Bonchev–Trinajstić information content (AvgIpc) is 3.08. The lowest BCUT2D eigenvalue weighted by Crippen LogP contribution is -2.16. The summed E-state index contributed by atoms with van der Waals surface area (Å²) in [4.78, 5) is 27.4. The SMILES string of the molecule is COC(=O)CC(C)C(=O)c1ccc(OCCn2ccnc2)cc1. The van der Waals surface area contributed by atoms with Crippen LogP contribution in [0.1, 0.15) is 23.7 Å². The van der Waals surface area contributed by atoms with Gasteiger partial charge in [0.05, 0.1) is 26.4 Å². The summed E-state index contributed by atoms with van der Waals surface area (Å²) < 4.78 is 12.1. The van der Waals surface area contributed by atoms with Crippen molar-refractivity contribution in [2.24, 2.45) is 5.92 Å². The van der Waals surface area contributed by atoms with Crippen molar-refractivity contribution >= 4 is 11.8 Å². The molecule has 0 radical (unpaired) electrons. The average molecular weight is 316 g/mol. The summed E-state index contributed by atoms with van der Waals surface area (Å²) >= 11 is 0. The van der Waals surface area contributed by atoms with Crippen LogP contribution >= 0.6 is 0 Å². The Morgan fingerprint density at radius 1 is 1.26 bits per heavy atom. The lowest BCUT2D eigenvalue weighted by molar-refractivity contribution is -0.141. The van der Waals surface area contributed by atoms with Crippen molar-refractivity contribution in [1.29, 1.82) is 0 Å². The Morgan fingerprint density at radius 3 is 2.61 bits per heavy atom. The van der Waals surface area contributed by atoms with Gasteiger partial charge in [0.2, 0.25) is 0 Å². The minimum atomic E-state index is -0.407. The van der Waals surface area contributed by atoms with Gasteiger partial charge >= 0.3 is 5.97 Å². The molecule has 0 saturated heterocycles. The van der Waals surface area contributed by atoms with Gasteiger partial charge < -0.3 is 14.0 Å². The van der Waals surface area contributed by atoms with Gasteiger partial charge in [0, 0.05) is 23.9 Å². The quantitative estimate of drug-likeness (QED) is 0.552. The van der Waals surface area contributed by atoms with Crippen LogP contribution in [0.5, 0.6) is 5.75 Å². The molecule has 1 unspecified atom stereocenters. The summed E-state index contributed by atoms with van der Waals surface area (Å²) in [7, 11) is 1.31. The molecule has 6 nitrogen and oxygen atoms in total. The molecule has 0 spiro atoms. The number of benzene rings is 1. The molecule has 0 aliphatic carbocycles. The Morgan fingerprint density at radius 2 is 2.00 bits per heavy atom. The number of ketones is 1. The number of ether oxygens (including phenoxy) is 2. The zero-order chi connectivity index (χ0) is 16.7. The van der Waals surface area contributed by atoms with Crippen LogP contribution in [0.25, 0.3) is 0 Å². The van der Waals surface area contributed by atoms with E-state index in [1.807, 2.05) is 10.8 Å². The lowest BCUT2D eigenvalue weighted by atomic mass is 9.96. The van der Waals surface area contributed by atoms with Gasteiger partial charge in [-0.2, -0.15) is 0 Å². The molecule has 23 heavy (non-hydrogen) atoms. The molecule has 0 N–H and O–H groups in total. The number of nitrogens with zero attached hydrogens (tertiary/aromatic N) is 2. The molecule has 1 aromatic carbocycles. The van der Waals surface area contributed by atoms with Crippen LogP contribution in [-0.2, 0) is 16.1 Å². The van der Waals surface area contributed by atoms with Gasteiger partial charge in [-0.05, 0) is 24.3 Å². The highest BCUT2D eigenvalue weighted by atomic mass is 16.5. The van der Waals surface area contributed by atoms with E-state index in [0.717, 1.165) is 0 Å². The second kappa shape index (κ2) is 8.12. The Hall–Kier alpha value is -2.63. The minimum absolute atomic E-state index is 0.0818. The molecular weight excluding hydrogens is 296 g/mol. The molecule has 0 saturated carbocycles. The van der Waals surface area contributed by atoms with Crippen molar-refractivity contribution in [3.05, 3.63) is 48.5 Å². The van der Waals surface area contributed by atoms with E-state index in [4.69, 9.17) is 4.74 Å². The smallest absolute Gasteiger partial charge is 0.306 e. The molecule has 1 atom stereocenters. The molecule has 6 heteroatoms. The first-order valence-corrected chi connectivity index (χ1v) is 7.39. The van der Waals surface area contributed by atoms with Gasteiger partial charge in [-0.15, -0.1) is 0 Å². The predicted octanol–water partition coefficient (Wildman–Crippen LogP) is 2.34. The van der Waals surface area contributed by atoms with Gasteiger partial charge in [0.25, 0.3) is 0 Å². The molecule has 1 aromatic heterocycles. The van der Waals surface area contributed by atoms with E-state index in [0.29, 0.717) is 24.5 Å². The van der Waals surface area contributed by atoms with Crippen LogP contribution in [0.3, 0.4) is 0 Å². The van der Waals surface area contributed by atoms with Crippen molar-refractivity contribution in [2.75, 3.05) is 13.7 Å². The first-order valence-electron chi connectivity index (χ1n) is 7.39. The summed E-state index contributed by atoms with van der Waals surface area (Å²) in [5.74, 6) is -0.177. The van der Waals surface area contributed by atoms with Crippen LogP contribution in [0.4, 0.5) is 0 Å². The van der Waals surface area contributed by atoms with Crippen LogP contribution in [0.15, 0.2) is 43.0 Å². The summed E-state index contributed by atoms with van der Waals surface area (Å²) in [6.07, 6.45) is 5.40. The fourth-order valence-electron chi connectivity index (χ4n) is 2.11. The molecule has 0 aliphatic heterocycles. The summed E-state index contributed by atoms with van der Waals surface area (Å²) in [6, 6.07) is 6.93. The Labute approximate surface area is 135 Å². The number of carbonyl (C=O) groups is 2. The maximum Gasteiger partial charge on any atom is 0.306 e. The molecule has 2 rings (SSSR count). The maximum atomic E-state index is 12.2. The molecule has 0 amide bonds. The summed E-state index contributed by atoms with van der Waals surface area (Å²) in [5.41, 5.74) is 0.559. The van der Waals surface area contributed by atoms with Crippen LogP contribution in [0, 0.1) is 5.92 Å². The number of imidazole rings is 1. The molecule has 0 bridgehead atoms. The number of methoxy groups -OCH3 is 1. The van der Waals surface area contributed by atoms with Gasteiger partial charge in [-0.3, -0.25) is 9.59 Å². The van der Waals surface area contributed by atoms with E-state index < -0.39 is 5.92 Å². The van der Waals surface area contributed by atoms with E-state index in [1.165, 1.54) is 7.11 Å². The number of hydrogen-bond donors (Lipinski definition) is 0. The minimum Gasteiger partial charge on any atom is -0.492 e. The standard InChI is InChI=1S/C17H20N2O4/c1-13(11-16(20)22-2)17(21)14-3-5-15(6-4-14)23-10-9-19-8-7-18-12-19/h3-8,12-13H,9-11H2,1-2H3. The second-order valence-corrected chi connectivity index (χ2v) is 5.22. The van der Waals surface area contributed by atoms with E-state index in [2.05, 4.69) is 9.72 Å². The Kier molecular flexibility index (Phi) is 5.91. The van der Waals surface area contributed by atoms with Gasteiger partial charge in [0.15, 0.2) is 5.78 Å². The van der Waals surface area contributed by atoms with E-state index in [9.17, 15) is 9.59 Å². The number of aromatic nitrogens is 2. The molecule has 1 heterocycles. The van der Waals surface area contributed by atoms with Crippen LogP contribution in [0.2, 0.25) is 0 Å². The van der Waals surface area contributed by atoms with Gasteiger partial charge in [-0.25, -0.2) is 4.98 Å². The van der Waals surface area contributed by atoms with E-state index in [1.54, 1.807) is 43.7 Å². The second-order valence-electron chi connectivity index (χ2n) is 5.22. The number of hydrogen-bond acceptors (Lipinski definition) is 5. The van der Waals surface area contributed by atoms with E-state index >= 15 is 0 Å². The first-order chi connectivity index (χ1) is 11.1. The maximum absolute atomic E-state index is 12.2. The highest BCUT2D eigenvalue weighted by Crippen LogP contribution is 2.17. The normalized spacial score (nSPS) is 11.7. The molecule has 2 aromatic rings. The van der Waals surface area contributed by atoms with E-state index in [-0.39, 0.29) is 18.2 Å². The third-order valence-corrected chi connectivity index (χ3v) is 3.46.